The lowest BCUT2D eigenvalue weighted by Crippen LogP contribution is -2.38. The maximum Gasteiger partial charge on any atom is 0.234 e. The minimum absolute atomic E-state index is 0.468. The zero-order chi connectivity index (χ0) is 11.7. The van der Waals surface area contributed by atoms with Gasteiger partial charge in [0.1, 0.15) is 0 Å². The standard InChI is InChI=1S/C12H15N3O/c1-7-9(6-10(13)12(14)16)8-4-2-3-5-11(8)15-7/h2-5,10,15H,6,13H2,1H3,(H2,14,16)/t10-/m0/s1. The van der Waals surface area contributed by atoms with Crippen LogP contribution >= 0.6 is 0 Å². The molecule has 0 unspecified atom stereocenters. The van der Waals surface area contributed by atoms with Gasteiger partial charge in [0.2, 0.25) is 5.91 Å². The van der Waals surface area contributed by atoms with Crippen LogP contribution in [0.3, 0.4) is 0 Å². The Kier molecular flexibility index (Phi) is 2.66. The highest BCUT2D eigenvalue weighted by Gasteiger charge is 2.15. The Morgan fingerprint density at radius 2 is 2.12 bits per heavy atom. The maximum absolute atomic E-state index is 11.0. The fraction of sp³-hybridized carbons (Fsp3) is 0.250. The largest absolute Gasteiger partial charge is 0.368 e. The smallest absolute Gasteiger partial charge is 0.234 e. The van der Waals surface area contributed by atoms with Crippen molar-refractivity contribution in [1.29, 1.82) is 0 Å². The number of primary amides is 1. The van der Waals surface area contributed by atoms with Crippen LogP contribution < -0.4 is 11.5 Å². The Morgan fingerprint density at radius 1 is 1.44 bits per heavy atom. The second-order valence-corrected chi connectivity index (χ2v) is 3.99. The third kappa shape index (κ3) is 1.79. The molecule has 16 heavy (non-hydrogen) atoms. The van der Waals surface area contributed by atoms with E-state index in [1.165, 1.54) is 0 Å². The minimum Gasteiger partial charge on any atom is -0.368 e. The molecule has 4 nitrogen and oxygen atoms in total. The fourth-order valence-corrected chi connectivity index (χ4v) is 1.92. The lowest BCUT2D eigenvalue weighted by Gasteiger charge is -2.07. The van der Waals surface area contributed by atoms with Crippen LogP contribution in [0.15, 0.2) is 24.3 Å². The highest BCUT2D eigenvalue weighted by atomic mass is 16.1. The van der Waals surface area contributed by atoms with Crippen LogP contribution in [0.1, 0.15) is 11.3 Å². The summed E-state index contributed by atoms with van der Waals surface area (Å²) >= 11 is 0. The molecule has 0 spiro atoms. The number of rotatable bonds is 3. The van der Waals surface area contributed by atoms with E-state index in [-0.39, 0.29) is 0 Å². The van der Waals surface area contributed by atoms with Crippen molar-refractivity contribution in [3.8, 4) is 0 Å². The van der Waals surface area contributed by atoms with Gasteiger partial charge >= 0.3 is 0 Å². The third-order valence-electron chi connectivity index (χ3n) is 2.82. The lowest BCUT2D eigenvalue weighted by molar-refractivity contribution is -0.119. The van der Waals surface area contributed by atoms with Crippen LogP contribution in [0.5, 0.6) is 0 Å². The number of aromatic amines is 1. The molecule has 1 aromatic carbocycles. The number of hydrogen-bond donors (Lipinski definition) is 3. The second kappa shape index (κ2) is 3.98. The molecule has 0 fully saturated rings. The van der Waals surface area contributed by atoms with Gasteiger partial charge in [0.25, 0.3) is 0 Å². The monoisotopic (exact) mass is 217 g/mol. The Balaban J connectivity index is 2.43. The summed E-state index contributed by atoms with van der Waals surface area (Å²) in [5.41, 5.74) is 14.0. The predicted octanol–water partition coefficient (Wildman–Crippen LogP) is 0.831. The molecular formula is C12H15N3O. The normalized spacial score (nSPS) is 12.9. The molecule has 0 saturated carbocycles. The van der Waals surface area contributed by atoms with Crippen LogP contribution in [-0.4, -0.2) is 16.9 Å². The van der Waals surface area contributed by atoms with Gasteiger partial charge in [0.05, 0.1) is 6.04 Å². The zero-order valence-corrected chi connectivity index (χ0v) is 9.16. The summed E-state index contributed by atoms with van der Waals surface area (Å²) < 4.78 is 0. The molecule has 1 heterocycles. The highest BCUT2D eigenvalue weighted by Crippen LogP contribution is 2.22. The Labute approximate surface area is 93.6 Å². The number of nitrogens with two attached hydrogens (primary N) is 2. The number of carbonyl (C=O) groups is 1. The zero-order valence-electron chi connectivity index (χ0n) is 9.16. The van der Waals surface area contributed by atoms with Crippen LogP contribution in [0.2, 0.25) is 0 Å². The fourth-order valence-electron chi connectivity index (χ4n) is 1.92. The summed E-state index contributed by atoms with van der Waals surface area (Å²) in [6.07, 6.45) is 0.477. The first-order valence-electron chi connectivity index (χ1n) is 5.20. The predicted molar refractivity (Wildman–Crippen MR) is 63.9 cm³/mol. The molecule has 0 aliphatic carbocycles. The summed E-state index contributed by atoms with van der Waals surface area (Å²) in [5, 5.41) is 1.11. The average Bonchev–Trinajstić information content (AvgIpc) is 2.55. The number of hydrogen-bond acceptors (Lipinski definition) is 2. The number of aryl methyl sites for hydroxylation is 1. The number of fused-ring (bicyclic) bond motifs is 1. The number of benzene rings is 1. The van der Waals surface area contributed by atoms with Gasteiger partial charge < -0.3 is 16.5 Å². The van der Waals surface area contributed by atoms with Crippen molar-refractivity contribution in [2.75, 3.05) is 0 Å². The molecule has 4 heteroatoms. The van der Waals surface area contributed by atoms with E-state index in [1.807, 2.05) is 31.2 Å². The van der Waals surface area contributed by atoms with E-state index in [0.717, 1.165) is 22.2 Å². The van der Waals surface area contributed by atoms with Crippen LogP contribution in [0.4, 0.5) is 0 Å². The molecule has 0 aliphatic rings. The van der Waals surface area contributed by atoms with Crippen LogP contribution in [0.25, 0.3) is 10.9 Å². The summed E-state index contributed by atoms with van der Waals surface area (Å²) in [5.74, 6) is -0.468. The van der Waals surface area contributed by atoms with Crippen LogP contribution in [0, 0.1) is 6.92 Å². The van der Waals surface area contributed by atoms with E-state index in [2.05, 4.69) is 4.98 Å². The van der Waals surface area contributed by atoms with Gasteiger partial charge in [-0.1, -0.05) is 18.2 Å². The SMILES string of the molecule is Cc1[nH]c2ccccc2c1C[C@H](N)C(N)=O. The average molecular weight is 217 g/mol. The topological polar surface area (TPSA) is 84.9 Å². The number of carbonyl (C=O) groups excluding carboxylic acids is 1. The molecule has 5 N–H and O–H groups in total. The minimum atomic E-state index is -0.627. The first kappa shape index (κ1) is 10.7. The molecule has 0 bridgehead atoms. The van der Waals surface area contributed by atoms with Crippen molar-refractivity contribution >= 4 is 16.8 Å². The summed E-state index contributed by atoms with van der Waals surface area (Å²) in [6.45, 7) is 1.98. The molecule has 0 saturated heterocycles. The van der Waals surface area contributed by atoms with Gasteiger partial charge in [0, 0.05) is 16.6 Å². The highest BCUT2D eigenvalue weighted by molar-refractivity contribution is 5.86. The van der Waals surface area contributed by atoms with E-state index < -0.39 is 11.9 Å². The van der Waals surface area contributed by atoms with E-state index in [1.54, 1.807) is 0 Å². The second-order valence-electron chi connectivity index (χ2n) is 3.99. The van der Waals surface area contributed by atoms with Crippen molar-refractivity contribution < 1.29 is 4.79 Å². The Morgan fingerprint density at radius 3 is 2.81 bits per heavy atom. The Hall–Kier alpha value is -1.81. The molecular weight excluding hydrogens is 202 g/mol. The van der Waals surface area contributed by atoms with Crippen molar-refractivity contribution in [1.82, 2.24) is 4.98 Å². The first-order chi connectivity index (χ1) is 7.59. The summed E-state index contributed by atoms with van der Waals surface area (Å²) in [7, 11) is 0. The number of H-pyrrole nitrogens is 1. The van der Waals surface area contributed by atoms with Crippen molar-refractivity contribution in [2.24, 2.45) is 11.5 Å². The summed E-state index contributed by atoms with van der Waals surface area (Å²) in [6, 6.07) is 7.33. The molecule has 0 aliphatic heterocycles. The summed E-state index contributed by atoms with van der Waals surface area (Å²) in [4.78, 5) is 14.2. The van der Waals surface area contributed by atoms with E-state index in [9.17, 15) is 4.79 Å². The van der Waals surface area contributed by atoms with E-state index in [0.29, 0.717) is 6.42 Å². The van der Waals surface area contributed by atoms with E-state index >= 15 is 0 Å². The van der Waals surface area contributed by atoms with Gasteiger partial charge in [-0.25, -0.2) is 0 Å². The van der Waals surface area contributed by atoms with Gasteiger partial charge in [-0.15, -0.1) is 0 Å². The van der Waals surface area contributed by atoms with E-state index in [4.69, 9.17) is 11.5 Å². The van der Waals surface area contributed by atoms with Crippen molar-refractivity contribution in [2.45, 2.75) is 19.4 Å². The Bertz CT molecular complexity index is 530. The molecule has 1 aromatic heterocycles. The van der Waals surface area contributed by atoms with Crippen molar-refractivity contribution in [3.63, 3.8) is 0 Å². The van der Waals surface area contributed by atoms with Gasteiger partial charge in [0.15, 0.2) is 0 Å². The molecule has 2 rings (SSSR count). The lowest BCUT2D eigenvalue weighted by atomic mass is 10.0. The number of para-hydroxylation sites is 1. The van der Waals surface area contributed by atoms with Gasteiger partial charge in [-0.2, -0.15) is 0 Å². The third-order valence-corrected chi connectivity index (χ3v) is 2.82. The molecule has 0 radical (unpaired) electrons. The van der Waals surface area contributed by atoms with Gasteiger partial charge in [-0.3, -0.25) is 4.79 Å². The molecule has 1 amide bonds. The molecule has 1 atom stereocenters. The maximum atomic E-state index is 11.0. The number of nitrogens with one attached hydrogen (secondary N) is 1. The number of amides is 1. The molecule has 84 valence electrons. The first-order valence-corrected chi connectivity index (χ1v) is 5.20. The van der Waals surface area contributed by atoms with Gasteiger partial charge in [-0.05, 0) is 25.0 Å². The quantitative estimate of drug-likeness (QED) is 0.711. The van der Waals surface area contributed by atoms with Crippen molar-refractivity contribution in [3.05, 3.63) is 35.5 Å². The van der Waals surface area contributed by atoms with Crippen LogP contribution in [-0.2, 0) is 11.2 Å². The molecule has 2 aromatic rings. The number of aromatic nitrogens is 1.